The minimum atomic E-state index is 0.323. The van der Waals surface area contributed by atoms with Gasteiger partial charge in [0.2, 0.25) is 0 Å². The summed E-state index contributed by atoms with van der Waals surface area (Å²) in [5.74, 6) is 1.85. The molecule has 0 aliphatic carbocycles. The number of benzene rings is 2. The maximum atomic E-state index is 6.02. The Morgan fingerprint density at radius 2 is 2.04 bits per heavy atom. The highest BCUT2D eigenvalue weighted by atomic mass is 16.5. The molecular weight excluding hydrogens is 286 g/mol. The molecule has 0 bridgehead atoms. The van der Waals surface area contributed by atoms with Crippen LogP contribution in [0.2, 0.25) is 0 Å². The van der Waals surface area contributed by atoms with E-state index in [1.807, 2.05) is 12.1 Å². The summed E-state index contributed by atoms with van der Waals surface area (Å²) in [5, 5.41) is 0. The Hall–Kier alpha value is -2.26. The Balaban J connectivity index is 1.63. The van der Waals surface area contributed by atoms with Crippen LogP contribution in [0.1, 0.15) is 17.5 Å². The van der Waals surface area contributed by atoms with Gasteiger partial charge in [0.25, 0.3) is 0 Å². The molecule has 0 aromatic heterocycles. The summed E-state index contributed by atoms with van der Waals surface area (Å²) in [6.07, 6.45) is 3.45. The van der Waals surface area contributed by atoms with E-state index in [1.54, 1.807) is 7.11 Å². The molecule has 0 saturated heterocycles. The normalized spacial score (nSPS) is 20.0. The molecule has 118 valence electrons. The number of nitrogens with zero attached hydrogens (tertiary/aromatic N) is 1. The molecule has 23 heavy (non-hydrogen) atoms. The SMILES string of the molecule is COc1ccc2c(c1)C1=CCCN(Cc3ccccc3)[C@@H]1CO2. The molecule has 0 radical (unpaired) electrons. The molecule has 0 saturated carbocycles. The fourth-order valence-corrected chi connectivity index (χ4v) is 3.52. The first-order valence-corrected chi connectivity index (χ1v) is 8.14. The maximum absolute atomic E-state index is 6.02. The fourth-order valence-electron chi connectivity index (χ4n) is 3.52. The largest absolute Gasteiger partial charge is 0.497 e. The van der Waals surface area contributed by atoms with E-state index in [4.69, 9.17) is 9.47 Å². The van der Waals surface area contributed by atoms with Crippen LogP contribution in [-0.2, 0) is 6.54 Å². The van der Waals surface area contributed by atoms with Gasteiger partial charge >= 0.3 is 0 Å². The summed E-state index contributed by atoms with van der Waals surface area (Å²) >= 11 is 0. The van der Waals surface area contributed by atoms with Crippen molar-refractivity contribution >= 4 is 5.57 Å². The van der Waals surface area contributed by atoms with E-state index in [0.717, 1.165) is 37.6 Å². The van der Waals surface area contributed by atoms with Crippen LogP contribution in [0.3, 0.4) is 0 Å². The fraction of sp³-hybridized carbons (Fsp3) is 0.300. The third-order valence-corrected chi connectivity index (χ3v) is 4.70. The molecule has 2 aliphatic heterocycles. The monoisotopic (exact) mass is 307 g/mol. The van der Waals surface area contributed by atoms with Gasteiger partial charge in [-0.25, -0.2) is 0 Å². The summed E-state index contributed by atoms with van der Waals surface area (Å²) in [5.41, 5.74) is 3.91. The quantitative estimate of drug-likeness (QED) is 0.862. The van der Waals surface area contributed by atoms with Crippen LogP contribution in [0.4, 0.5) is 0 Å². The zero-order valence-electron chi connectivity index (χ0n) is 13.4. The van der Waals surface area contributed by atoms with Crippen LogP contribution in [0, 0.1) is 0 Å². The summed E-state index contributed by atoms with van der Waals surface area (Å²) in [6.45, 7) is 2.76. The van der Waals surface area contributed by atoms with Gasteiger partial charge in [-0.15, -0.1) is 0 Å². The van der Waals surface area contributed by atoms with Crippen LogP contribution in [-0.4, -0.2) is 31.2 Å². The van der Waals surface area contributed by atoms with E-state index in [9.17, 15) is 0 Å². The summed E-state index contributed by atoms with van der Waals surface area (Å²) in [7, 11) is 1.71. The second kappa shape index (κ2) is 6.09. The van der Waals surface area contributed by atoms with Gasteiger partial charge in [-0.05, 0) is 35.8 Å². The molecule has 0 N–H and O–H groups in total. The first kappa shape index (κ1) is 14.3. The van der Waals surface area contributed by atoms with Crippen molar-refractivity contribution in [3.63, 3.8) is 0 Å². The summed E-state index contributed by atoms with van der Waals surface area (Å²) in [4.78, 5) is 2.52. The zero-order valence-corrected chi connectivity index (χ0v) is 13.4. The molecule has 3 heteroatoms. The summed E-state index contributed by atoms with van der Waals surface area (Å²) in [6, 6.07) is 17.1. The van der Waals surface area contributed by atoms with Crippen molar-refractivity contribution in [1.82, 2.24) is 4.90 Å². The number of rotatable bonds is 3. The second-order valence-corrected chi connectivity index (χ2v) is 6.09. The van der Waals surface area contributed by atoms with Gasteiger partial charge < -0.3 is 9.47 Å². The lowest BCUT2D eigenvalue weighted by Crippen LogP contribution is -2.44. The van der Waals surface area contributed by atoms with Crippen molar-refractivity contribution in [2.45, 2.75) is 19.0 Å². The van der Waals surface area contributed by atoms with Crippen molar-refractivity contribution in [3.8, 4) is 11.5 Å². The van der Waals surface area contributed by atoms with Crippen LogP contribution in [0.15, 0.2) is 54.6 Å². The predicted octanol–water partition coefficient (Wildman–Crippen LogP) is 3.75. The molecule has 2 heterocycles. The minimum absolute atomic E-state index is 0.323. The third-order valence-electron chi connectivity index (χ3n) is 4.70. The Kier molecular flexibility index (Phi) is 3.80. The minimum Gasteiger partial charge on any atom is -0.497 e. The van der Waals surface area contributed by atoms with Gasteiger partial charge in [0.1, 0.15) is 18.1 Å². The van der Waals surface area contributed by atoms with Gasteiger partial charge in [-0.2, -0.15) is 0 Å². The van der Waals surface area contributed by atoms with Gasteiger partial charge in [-0.1, -0.05) is 36.4 Å². The molecule has 1 atom stereocenters. The Morgan fingerprint density at radius 1 is 1.17 bits per heavy atom. The molecule has 3 nitrogen and oxygen atoms in total. The number of ether oxygens (including phenoxy) is 2. The van der Waals surface area contributed by atoms with Crippen molar-refractivity contribution in [1.29, 1.82) is 0 Å². The standard InChI is InChI=1S/C20H21NO2/c1-22-16-9-10-20-18(12-16)17-8-5-11-21(19(17)14-23-20)13-15-6-3-2-4-7-15/h2-4,6-10,12,19H,5,11,13-14H2,1H3/t19-/m1/s1. The highest BCUT2D eigenvalue weighted by Crippen LogP contribution is 2.39. The molecule has 2 aromatic rings. The molecular formula is C20H21NO2. The number of hydrogen-bond acceptors (Lipinski definition) is 3. The molecule has 0 spiro atoms. The molecule has 4 rings (SSSR count). The van der Waals surface area contributed by atoms with Gasteiger partial charge in [0.05, 0.1) is 13.2 Å². The van der Waals surface area contributed by atoms with Crippen LogP contribution in [0.5, 0.6) is 11.5 Å². The molecule has 0 unspecified atom stereocenters. The lowest BCUT2D eigenvalue weighted by molar-refractivity contribution is 0.150. The van der Waals surface area contributed by atoms with Gasteiger partial charge in [-0.3, -0.25) is 4.90 Å². The number of methoxy groups -OCH3 is 1. The molecule has 2 aromatic carbocycles. The van der Waals surface area contributed by atoms with Crippen molar-refractivity contribution in [3.05, 3.63) is 65.7 Å². The Bertz CT molecular complexity index is 724. The van der Waals surface area contributed by atoms with E-state index in [1.165, 1.54) is 16.7 Å². The number of hydrogen-bond donors (Lipinski definition) is 0. The second-order valence-electron chi connectivity index (χ2n) is 6.09. The third kappa shape index (κ3) is 2.73. The van der Waals surface area contributed by atoms with Crippen molar-refractivity contribution in [2.24, 2.45) is 0 Å². The smallest absolute Gasteiger partial charge is 0.127 e. The Labute approximate surface area is 137 Å². The molecule has 2 aliphatic rings. The maximum Gasteiger partial charge on any atom is 0.127 e. The first-order valence-electron chi connectivity index (χ1n) is 8.14. The van der Waals surface area contributed by atoms with Crippen LogP contribution in [0.25, 0.3) is 5.57 Å². The van der Waals surface area contributed by atoms with Crippen molar-refractivity contribution < 1.29 is 9.47 Å². The van der Waals surface area contributed by atoms with E-state index < -0.39 is 0 Å². The first-order chi connectivity index (χ1) is 11.3. The topological polar surface area (TPSA) is 21.7 Å². The van der Waals surface area contributed by atoms with Crippen LogP contribution < -0.4 is 9.47 Å². The lowest BCUT2D eigenvalue weighted by Gasteiger charge is -2.39. The summed E-state index contributed by atoms with van der Waals surface area (Å²) < 4.78 is 11.4. The van der Waals surface area contributed by atoms with E-state index in [-0.39, 0.29) is 0 Å². The number of fused-ring (bicyclic) bond motifs is 3. The Morgan fingerprint density at radius 3 is 2.87 bits per heavy atom. The average molecular weight is 307 g/mol. The van der Waals surface area contributed by atoms with E-state index >= 15 is 0 Å². The van der Waals surface area contributed by atoms with Crippen LogP contribution >= 0.6 is 0 Å². The van der Waals surface area contributed by atoms with Gasteiger partial charge in [0.15, 0.2) is 0 Å². The molecule has 0 fully saturated rings. The van der Waals surface area contributed by atoms with Crippen molar-refractivity contribution in [2.75, 3.05) is 20.3 Å². The zero-order chi connectivity index (χ0) is 15.6. The highest BCUT2D eigenvalue weighted by molar-refractivity contribution is 5.77. The van der Waals surface area contributed by atoms with E-state index in [0.29, 0.717) is 6.04 Å². The van der Waals surface area contributed by atoms with Gasteiger partial charge in [0, 0.05) is 18.7 Å². The average Bonchev–Trinajstić information content (AvgIpc) is 2.62. The lowest BCUT2D eigenvalue weighted by atomic mass is 9.90. The van der Waals surface area contributed by atoms with E-state index in [2.05, 4.69) is 47.4 Å². The molecule has 0 amide bonds. The predicted molar refractivity (Wildman–Crippen MR) is 91.7 cm³/mol. The highest BCUT2D eigenvalue weighted by Gasteiger charge is 2.32.